The molecule has 0 aliphatic carbocycles. The van der Waals surface area contributed by atoms with Gasteiger partial charge in [0.2, 0.25) is 5.91 Å². The molecule has 0 spiro atoms. The van der Waals surface area contributed by atoms with E-state index in [1.165, 1.54) is 0 Å². The van der Waals surface area contributed by atoms with E-state index in [2.05, 4.69) is 20.8 Å². The van der Waals surface area contributed by atoms with Crippen LogP contribution in [-0.4, -0.2) is 35.5 Å². The Balaban J connectivity index is 3.84. The smallest absolute Gasteiger partial charge is 0.303 e. The molecule has 1 unspecified atom stereocenters. The number of carboxylic acids is 1. The second-order valence-electron chi connectivity index (χ2n) is 5.25. The Morgan fingerprint density at radius 2 is 1.82 bits per heavy atom. The van der Waals surface area contributed by atoms with Gasteiger partial charge in [-0.3, -0.25) is 9.59 Å². The molecular weight excluding hydrogens is 218 g/mol. The van der Waals surface area contributed by atoms with E-state index in [0.717, 1.165) is 6.42 Å². The van der Waals surface area contributed by atoms with E-state index in [4.69, 9.17) is 5.11 Å². The molecule has 4 heteroatoms. The number of aliphatic carboxylic acids is 1. The van der Waals surface area contributed by atoms with Crippen molar-refractivity contribution in [1.82, 2.24) is 4.90 Å². The van der Waals surface area contributed by atoms with E-state index in [9.17, 15) is 9.59 Å². The van der Waals surface area contributed by atoms with Crippen LogP contribution in [0.2, 0.25) is 0 Å². The van der Waals surface area contributed by atoms with E-state index >= 15 is 0 Å². The van der Waals surface area contributed by atoms with Gasteiger partial charge >= 0.3 is 5.97 Å². The third-order valence-electron chi connectivity index (χ3n) is 2.71. The summed E-state index contributed by atoms with van der Waals surface area (Å²) in [4.78, 5) is 23.8. The molecular formula is C13H25NO3. The van der Waals surface area contributed by atoms with E-state index in [-0.39, 0.29) is 12.3 Å². The fraction of sp³-hybridized carbons (Fsp3) is 0.846. The molecule has 0 aliphatic heterocycles. The van der Waals surface area contributed by atoms with Gasteiger partial charge in [-0.25, -0.2) is 0 Å². The molecule has 0 aromatic rings. The molecule has 0 saturated carbocycles. The van der Waals surface area contributed by atoms with Crippen LogP contribution in [0.15, 0.2) is 0 Å². The van der Waals surface area contributed by atoms with Gasteiger partial charge in [-0.2, -0.15) is 0 Å². The largest absolute Gasteiger partial charge is 0.481 e. The summed E-state index contributed by atoms with van der Waals surface area (Å²) in [6.07, 6.45) is 2.26. The SMILES string of the molecule is CC(C)CC(C)CC(=O)N(C)CCCC(=O)O. The average molecular weight is 243 g/mol. The molecule has 17 heavy (non-hydrogen) atoms. The third kappa shape index (κ3) is 8.72. The Morgan fingerprint density at radius 1 is 1.24 bits per heavy atom. The lowest BCUT2D eigenvalue weighted by Crippen LogP contribution is -2.29. The van der Waals surface area contributed by atoms with Gasteiger partial charge in [-0.1, -0.05) is 20.8 Å². The molecule has 0 saturated heterocycles. The number of nitrogens with zero attached hydrogens (tertiary/aromatic N) is 1. The van der Waals surface area contributed by atoms with Crippen LogP contribution in [0.3, 0.4) is 0 Å². The van der Waals surface area contributed by atoms with Gasteiger partial charge in [0.05, 0.1) is 0 Å². The first-order chi connectivity index (χ1) is 7.82. The van der Waals surface area contributed by atoms with Crippen molar-refractivity contribution in [2.24, 2.45) is 11.8 Å². The summed E-state index contributed by atoms with van der Waals surface area (Å²) in [7, 11) is 1.74. The third-order valence-corrected chi connectivity index (χ3v) is 2.71. The van der Waals surface area contributed by atoms with Gasteiger partial charge in [0.1, 0.15) is 0 Å². The van der Waals surface area contributed by atoms with Crippen molar-refractivity contribution in [1.29, 1.82) is 0 Å². The Kier molecular flexibility index (Phi) is 7.59. The van der Waals surface area contributed by atoms with Crippen LogP contribution in [0.25, 0.3) is 0 Å². The van der Waals surface area contributed by atoms with Crippen molar-refractivity contribution < 1.29 is 14.7 Å². The van der Waals surface area contributed by atoms with E-state index in [1.54, 1.807) is 11.9 Å². The van der Waals surface area contributed by atoms with Crippen molar-refractivity contribution in [3.8, 4) is 0 Å². The summed E-state index contributed by atoms with van der Waals surface area (Å²) in [5, 5.41) is 8.51. The quantitative estimate of drug-likeness (QED) is 0.712. The highest BCUT2D eigenvalue weighted by molar-refractivity contribution is 5.76. The van der Waals surface area contributed by atoms with Gasteiger partial charge in [-0.15, -0.1) is 0 Å². The Morgan fingerprint density at radius 3 is 2.29 bits per heavy atom. The van der Waals surface area contributed by atoms with Gasteiger partial charge in [-0.05, 0) is 24.7 Å². The molecule has 0 rings (SSSR count). The summed E-state index contributed by atoms with van der Waals surface area (Å²) in [6, 6.07) is 0. The Labute approximate surface area is 104 Å². The zero-order chi connectivity index (χ0) is 13.4. The standard InChI is InChI=1S/C13H25NO3/c1-10(2)8-11(3)9-12(15)14(4)7-5-6-13(16)17/h10-11H,5-9H2,1-4H3,(H,16,17). The van der Waals surface area contributed by atoms with Crippen molar-refractivity contribution in [3.05, 3.63) is 0 Å². The molecule has 0 aromatic carbocycles. The number of carboxylic acid groups (broad SMARTS) is 1. The summed E-state index contributed by atoms with van der Waals surface area (Å²) in [6.45, 7) is 6.91. The lowest BCUT2D eigenvalue weighted by Gasteiger charge is -2.20. The normalized spacial score (nSPS) is 12.5. The summed E-state index contributed by atoms with van der Waals surface area (Å²) >= 11 is 0. The van der Waals surface area contributed by atoms with Gasteiger partial charge < -0.3 is 10.0 Å². The fourth-order valence-electron chi connectivity index (χ4n) is 1.93. The lowest BCUT2D eigenvalue weighted by atomic mass is 9.95. The fourth-order valence-corrected chi connectivity index (χ4v) is 1.93. The van der Waals surface area contributed by atoms with Crippen LogP contribution < -0.4 is 0 Å². The Hall–Kier alpha value is -1.06. The monoisotopic (exact) mass is 243 g/mol. The topological polar surface area (TPSA) is 57.6 Å². The first kappa shape index (κ1) is 15.9. The summed E-state index contributed by atoms with van der Waals surface area (Å²) in [5.74, 6) is 0.308. The zero-order valence-corrected chi connectivity index (χ0v) is 11.4. The first-order valence-electron chi connectivity index (χ1n) is 6.28. The molecule has 0 radical (unpaired) electrons. The van der Waals surface area contributed by atoms with Crippen molar-refractivity contribution in [2.75, 3.05) is 13.6 Å². The molecule has 1 N–H and O–H groups in total. The van der Waals surface area contributed by atoms with Crippen LogP contribution in [-0.2, 0) is 9.59 Å². The second-order valence-corrected chi connectivity index (χ2v) is 5.25. The molecule has 0 aliphatic rings. The maximum atomic E-state index is 11.8. The van der Waals surface area contributed by atoms with Gasteiger partial charge in [0.15, 0.2) is 0 Å². The van der Waals surface area contributed by atoms with Crippen molar-refractivity contribution in [3.63, 3.8) is 0 Å². The van der Waals surface area contributed by atoms with Crippen LogP contribution in [0.1, 0.15) is 46.5 Å². The summed E-state index contributed by atoms with van der Waals surface area (Å²) in [5.41, 5.74) is 0. The number of hydrogen-bond acceptors (Lipinski definition) is 2. The Bertz CT molecular complexity index is 251. The van der Waals surface area contributed by atoms with E-state index in [1.807, 2.05) is 0 Å². The van der Waals surface area contributed by atoms with Crippen LogP contribution in [0.5, 0.6) is 0 Å². The molecule has 0 bridgehead atoms. The second kappa shape index (κ2) is 8.09. The number of hydrogen-bond donors (Lipinski definition) is 1. The predicted molar refractivity (Wildman–Crippen MR) is 67.7 cm³/mol. The van der Waals surface area contributed by atoms with Crippen molar-refractivity contribution in [2.45, 2.75) is 46.5 Å². The zero-order valence-electron chi connectivity index (χ0n) is 11.4. The molecule has 4 nitrogen and oxygen atoms in total. The van der Waals surface area contributed by atoms with Crippen molar-refractivity contribution >= 4 is 11.9 Å². The molecule has 1 amide bonds. The molecule has 0 aromatic heterocycles. The number of carbonyl (C=O) groups is 2. The highest BCUT2D eigenvalue weighted by atomic mass is 16.4. The number of amides is 1. The maximum Gasteiger partial charge on any atom is 0.303 e. The number of carbonyl (C=O) groups excluding carboxylic acids is 1. The molecule has 100 valence electrons. The van der Waals surface area contributed by atoms with Gasteiger partial charge in [0, 0.05) is 26.4 Å². The van der Waals surface area contributed by atoms with E-state index < -0.39 is 5.97 Å². The highest BCUT2D eigenvalue weighted by Crippen LogP contribution is 2.15. The predicted octanol–water partition coefficient (Wildman–Crippen LogP) is 2.38. The molecule has 0 fully saturated rings. The highest BCUT2D eigenvalue weighted by Gasteiger charge is 2.14. The van der Waals surface area contributed by atoms with Gasteiger partial charge in [0.25, 0.3) is 0 Å². The van der Waals surface area contributed by atoms with Crippen LogP contribution in [0.4, 0.5) is 0 Å². The number of rotatable bonds is 8. The summed E-state index contributed by atoms with van der Waals surface area (Å²) < 4.78 is 0. The van der Waals surface area contributed by atoms with E-state index in [0.29, 0.717) is 31.2 Å². The maximum absolute atomic E-state index is 11.8. The minimum absolute atomic E-state index is 0.114. The minimum Gasteiger partial charge on any atom is -0.481 e. The molecule has 0 heterocycles. The minimum atomic E-state index is -0.806. The first-order valence-corrected chi connectivity index (χ1v) is 6.28. The van der Waals surface area contributed by atoms with Crippen LogP contribution >= 0.6 is 0 Å². The van der Waals surface area contributed by atoms with Crippen LogP contribution in [0, 0.1) is 11.8 Å². The average Bonchev–Trinajstić information content (AvgIpc) is 2.15. The lowest BCUT2D eigenvalue weighted by molar-refractivity contribution is -0.138. The molecule has 1 atom stereocenters.